The molecule has 1 spiro atoms. The summed E-state index contributed by atoms with van der Waals surface area (Å²) < 4.78 is 18.3. The van der Waals surface area contributed by atoms with Crippen LogP contribution in [-0.2, 0) is 20.7 Å². The summed E-state index contributed by atoms with van der Waals surface area (Å²) in [5, 5.41) is 26.3. The van der Waals surface area contributed by atoms with Crippen molar-refractivity contribution in [3.63, 3.8) is 0 Å². The number of aromatic hydroxyl groups is 1. The summed E-state index contributed by atoms with van der Waals surface area (Å²) in [5.74, 6) is 0.110. The van der Waals surface area contributed by atoms with Crippen molar-refractivity contribution in [2.75, 3.05) is 13.1 Å². The van der Waals surface area contributed by atoms with Crippen LogP contribution in [0.5, 0.6) is 17.2 Å². The summed E-state index contributed by atoms with van der Waals surface area (Å²) in [5.41, 5.74) is 8.76. The fraction of sp³-hybridized carbons (Fsp3) is 0.349. The zero-order chi connectivity index (χ0) is 55.6. The first-order valence-corrected chi connectivity index (χ1v) is 26.6. The Morgan fingerprint density at radius 3 is 1.67 bits per heavy atom. The Hall–Kier alpha value is -7.00. The number of carbonyl (C=O) groups excluding carboxylic acids is 4. The molecule has 1 aliphatic carbocycles. The molecule has 1 heterocycles. The molecule has 0 saturated carbocycles. The highest BCUT2D eigenvalue weighted by Crippen LogP contribution is 2.37. The first-order valence-electron chi connectivity index (χ1n) is 25.6. The second kappa shape index (κ2) is 29.9. The van der Waals surface area contributed by atoms with Crippen molar-refractivity contribution in [1.82, 2.24) is 10.6 Å². The van der Waals surface area contributed by atoms with E-state index < -0.39 is 11.6 Å². The minimum Gasteiger partial charge on any atom is -0.507 e. The molecule has 2 amide bonds. The van der Waals surface area contributed by atoms with E-state index in [2.05, 4.69) is 33.2 Å². The molecule has 0 radical (unpaired) electrons. The molecule has 3 atom stereocenters. The minimum absolute atomic E-state index is 0. The lowest BCUT2D eigenvalue weighted by Crippen LogP contribution is -2.38. The van der Waals surface area contributed by atoms with E-state index in [1.807, 2.05) is 180 Å². The third kappa shape index (κ3) is 16.8. The van der Waals surface area contributed by atoms with E-state index in [0.717, 1.165) is 53.3 Å². The second-order valence-corrected chi connectivity index (χ2v) is 19.3. The number of carboxylic acid groups (broad SMARTS) is 1. The van der Waals surface area contributed by atoms with Crippen molar-refractivity contribution in [3.8, 4) is 17.2 Å². The molecular formula is C63H77IN2O10. The van der Waals surface area contributed by atoms with Gasteiger partial charge in [0, 0.05) is 34.9 Å². The smallest absolute Gasteiger partial charge is 0.307 e. The van der Waals surface area contributed by atoms with Crippen molar-refractivity contribution in [2.45, 2.75) is 134 Å². The van der Waals surface area contributed by atoms with Gasteiger partial charge in [-0.05, 0) is 141 Å². The number of hydrogen-bond acceptors (Lipinski definition) is 9. The zero-order valence-electron chi connectivity index (χ0n) is 45.4. The number of Topliss-reactive ketones (excluding diaryl/α,β-unsaturated/α-hetero) is 1. The third-order valence-corrected chi connectivity index (χ3v) is 13.3. The number of benzene rings is 6. The number of carbonyl (C=O) groups is 5. The number of hydrogen-bond donors (Lipinski definition) is 4. The summed E-state index contributed by atoms with van der Waals surface area (Å²) in [7, 11) is 0. The van der Waals surface area contributed by atoms with Gasteiger partial charge >= 0.3 is 11.9 Å². The maximum absolute atomic E-state index is 12.8. The lowest BCUT2D eigenvalue weighted by molar-refractivity contribution is -0.143. The lowest BCUT2D eigenvalue weighted by atomic mass is 9.83. The quantitative estimate of drug-likeness (QED) is 0.0643. The van der Waals surface area contributed by atoms with Gasteiger partial charge in [0.25, 0.3) is 11.8 Å². The molecule has 1 fully saturated rings. The Bertz CT molecular complexity index is 2870. The molecule has 8 rings (SSSR count). The van der Waals surface area contributed by atoms with Gasteiger partial charge in [-0.1, -0.05) is 143 Å². The van der Waals surface area contributed by atoms with E-state index in [4.69, 9.17) is 19.3 Å². The van der Waals surface area contributed by atoms with Gasteiger partial charge in [0.2, 0.25) is 5.78 Å². The number of nitrogens with one attached hydrogen (secondary N) is 2. The highest BCUT2D eigenvalue weighted by atomic mass is 127. The van der Waals surface area contributed by atoms with Gasteiger partial charge in [-0.2, -0.15) is 0 Å². The molecule has 1 aliphatic heterocycles. The van der Waals surface area contributed by atoms with E-state index in [1.54, 1.807) is 18.2 Å². The highest BCUT2D eigenvalue weighted by molar-refractivity contribution is 14.1. The molecule has 2 aliphatic rings. The highest BCUT2D eigenvalue weighted by Gasteiger charge is 2.47. The van der Waals surface area contributed by atoms with Crippen molar-refractivity contribution in [3.05, 3.63) is 174 Å². The number of ether oxygens (including phenoxy) is 3. The predicted molar refractivity (Wildman–Crippen MR) is 314 cm³/mol. The van der Waals surface area contributed by atoms with E-state index >= 15 is 0 Å². The molecule has 0 aromatic heterocycles. The molecule has 4 N–H and O–H groups in total. The number of aryl methyl sites for hydroxylation is 7. The number of rotatable bonds is 13. The Labute approximate surface area is 463 Å². The standard InChI is InChI=1S/C32H39IN2O4.C13H10O3.C13H12O3.2C2H6.CH4/c1-18-12-20(3)28(21(4)13-18)31(36)34-16-24(7)38-26-10-9-11-27(30(26)33)39-25(8)17-35-32(37)29-22(5)14-19(2)15-23(29)6;14-11-6-8-13(16-11)7-5-9-3-1-2-4-10(9)12(13)15;14-12(15)8-7-10-6-5-9-3-1-2-4-11(9)13(10)16;2*1-2;/h9-15,24-25H,16-17H2,1-8H3,(H,34,36)(H,35,37);1-5,7H,6,8H2;1-6,16H,7-8H2,(H,14,15);2*1-2H3;1H4/t24-,25-;13-;;;;/m01..../s1. The van der Waals surface area contributed by atoms with E-state index in [1.165, 1.54) is 0 Å². The number of halogens is 1. The fourth-order valence-corrected chi connectivity index (χ4v) is 9.52. The molecule has 6 aromatic carbocycles. The number of fused-ring (bicyclic) bond motifs is 2. The van der Waals surface area contributed by atoms with Crippen molar-refractivity contribution in [2.24, 2.45) is 0 Å². The van der Waals surface area contributed by atoms with Crippen molar-refractivity contribution >= 4 is 69.0 Å². The predicted octanol–water partition coefficient (Wildman–Crippen LogP) is 13.8. The van der Waals surface area contributed by atoms with Gasteiger partial charge in [-0.15, -0.1) is 0 Å². The van der Waals surface area contributed by atoms with Crippen LogP contribution in [0.15, 0.2) is 109 Å². The molecule has 6 aromatic rings. The molecule has 76 heavy (non-hydrogen) atoms. The van der Waals surface area contributed by atoms with E-state index in [0.29, 0.717) is 66.1 Å². The molecule has 0 bridgehead atoms. The number of phenolic OH excluding ortho intramolecular Hbond substituents is 1. The summed E-state index contributed by atoms with van der Waals surface area (Å²) in [6.45, 7) is 24.5. The van der Waals surface area contributed by atoms with Crippen molar-refractivity contribution < 1.29 is 48.4 Å². The number of esters is 1. The number of ketones is 1. The van der Waals surface area contributed by atoms with Gasteiger partial charge in [0.1, 0.15) is 29.5 Å². The van der Waals surface area contributed by atoms with Gasteiger partial charge in [-0.3, -0.25) is 24.0 Å². The SMILES string of the molecule is C.CC.CC.Cc1cc(C)c(C(=O)NC[C@H](C)Oc2cccc(O[C@@H](C)CNC(=O)c3c(C)cc(C)cc3C)c2I)c(C)c1.O=C(O)CCc1ccc2ccccc2c1O.O=C1CC[C@@]2(C=Cc3ccccc3C2=O)O1. The Morgan fingerprint density at radius 1 is 0.697 bits per heavy atom. The molecular weight excluding hydrogens is 1070 g/mol. The average molecular weight is 1150 g/mol. The van der Waals surface area contributed by atoms with Crippen LogP contribution in [0.2, 0.25) is 0 Å². The van der Waals surface area contributed by atoms with E-state index in [-0.39, 0.29) is 55.4 Å². The number of phenols is 1. The summed E-state index contributed by atoms with van der Waals surface area (Å²) in [6.07, 6.45) is 4.23. The summed E-state index contributed by atoms with van der Waals surface area (Å²) >= 11 is 2.21. The summed E-state index contributed by atoms with van der Waals surface area (Å²) in [4.78, 5) is 59.6. The maximum Gasteiger partial charge on any atom is 0.307 e. The van der Waals surface area contributed by atoms with Crippen LogP contribution in [0.4, 0.5) is 0 Å². The van der Waals surface area contributed by atoms with Crippen LogP contribution in [0.25, 0.3) is 16.8 Å². The van der Waals surface area contributed by atoms with E-state index in [9.17, 15) is 29.1 Å². The second-order valence-electron chi connectivity index (χ2n) is 18.2. The van der Waals surface area contributed by atoms with Gasteiger partial charge in [0.05, 0.1) is 23.1 Å². The van der Waals surface area contributed by atoms with Gasteiger partial charge in [0.15, 0.2) is 5.60 Å². The van der Waals surface area contributed by atoms with Gasteiger partial charge < -0.3 is 35.1 Å². The number of carboxylic acids is 1. The van der Waals surface area contributed by atoms with Crippen LogP contribution >= 0.6 is 22.6 Å². The topological polar surface area (TPSA) is 178 Å². The Kier molecular flexibility index (Phi) is 24.9. The summed E-state index contributed by atoms with van der Waals surface area (Å²) in [6, 6.07) is 32.3. The molecule has 1 saturated heterocycles. The maximum atomic E-state index is 12.8. The number of aliphatic carboxylic acids is 1. The normalized spacial score (nSPS) is 14.4. The van der Waals surface area contributed by atoms with Crippen molar-refractivity contribution in [1.29, 1.82) is 0 Å². The fourth-order valence-electron chi connectivity index (χ4n) is 8.91. The average Bonchev–Trinajstić information content (AvgIpc) is 3.76. The first-order chi connectivity index (χ1) is 35.8. The molecule has 406 valence electrons. The van der Waals surface area contributed by atoms with Crippen LogP contribution in [0, 0.1) is 45.1 Å². The third-order valence-electron chi connectivity index (χ3n) is 12.2. The largest absolute Gasteiger partial charge is 0.507 e. The zero-order valence-corrected chi connectivity index (χ0v) is 47.6. The van der Waals surface area contributed by atoms with Gasteiger partial charge in [-0.25, -0.2) is 0 Å². The molecule has 0 unspecified atom stereocenters. The first kappa shape index (κ1) is 63.3. The minimum atomic E-state index is -1.02. The van der Waals surface area contributed by atoms with Crippen LogP contribution in [-0.4, -0.2) is 70.6 Å². The Balaban J connectivity index is 0.000000335. The van der Waals surface area contributed by atoms with Crippen LogP contribution in [0.3, 0.4) is 0 Å². The molecule has 13 heteroatoms. The lowest BCUT2D eigenvalue weighted by Gasteiger charge is -2.26. The van der Waals surface area contributed by atoms with Crippen LogP contribution in [0.1, 0.15) is 144 Å². The monoisotopic (exact) mass is 1150 g/mol. The number of amides is 2. The van der Waals surface area contributed by atoms with Crippen LogP contribution < -0.4 is 20.1 Å². The molecule has 12 nitrogen and oxygen atoms in total. The Morgan fingerprint density at radius 2 is 1.18 bits per heavy atom.